The van der Waals surface area contributed by atoms with Crippen LogP contribution in [0.2, 0.25) is 5.02 Å². The van der Waals surface area contributed by atoms with Gasteiger partial charge >= 0.3 is 0 Å². The Kier molecular flexibility index (Phi) is 5.16. The molecular weight excluding hydrogens is 476 g/mol. The van der Waals surface area contributed by atoms with E-state index in [4.69, 9.17) is 16.7 Å². The van der Waals surface area contributed by atoms with Crippen molar-refractivity contribution in [2.75, 3.05) is 5.01 Å². The highest BCUT2D eigenvalue weighted by atomic mass is 79.9. The molecule has 3 aromatic rings. The number of hydrogen-bond acceptors (Lipinski definition) is 2. The summed E-state index contributed by atoms with van der Waals surface area (Å²) in [6.45, 7) is 0. The molecule has 4 rings (SSSR count). The van der Waals surface area contributed by atoms with Gasteiger partial charge in [0.2, 0.25) is 0 Å². The van der Waals surface area contributed by atoms with E-state index >= 15 is 0 Å². The van der Waals surface area contributed by atoms with Crippen LogP contribution in [0.5, 0.6) is 0 Å². The smallest absolute Gasteiger partial charge is 0.0831 e. The molecule has 0 aliphatic carbocycles. The fourth-order valence-corrected chi connectivity index (χ4v) is 3.76. The van der Waals surface area contributed by atoms with Gasteiger partial charge in [-0.25, -0.2) is 0 Å². The van der Waals surface area contributed by atoms with Crippen LogP contribution >= 0.6 is 43.5 Å². The summed E-state index contributed by atoms with van der Waals surface area (Å²) in [5.41, 5.74) is 4.49. The zero-order valence-corrected chi connectivity index (χ0v) is 17.7. The number of halogens is 3. The van der Waals surface area contributed by atoms with Gasteiger partial charge in [0, 0.05) is 20.4 Å². The Morgan fingerprint density at radius 1 is 0.808 bits per heavy atom. The van der Waals surface area contributed by atoms with Gasteiger partial charge in [-0.2, -0.15) is 5.10 Å². The predicted octanol–water partition coefficient (Wildman–Crippen LogP) is 7.22. The highest BCUT2D eigenvalue weighted by molar-refractivity contribution is 9.10. The van der Waals surface area contributed by atoms with Crippen molar-refractivity contribution in [3.8, 4) is 0 Å². The van der Waals surface area contributed by atoms with Crippen LogP contribution in [0, 0.1) is 0 Å². The summed E-state index contributed by atoms with van der Waals surface area (Å²) in [4.78, 5) is 0. The van der Waals surface area contributed by atoms with Gasteiger partial charge in [0.05, 0.1) is 17.4 Å². The van der Waals surface area contributed by atoms with Crippen LogP contribution < -0.4 is 5.01 Å². The topological polar surface area (TPSA) is 15.6 Å². The zero-order chi connectivity index (χ0) is 18.1. The number of hydrogen-bond donors (Lipinski definition) is 0. The van der Waals surface area contributed by atoms with Gasteiger partial charge in [0.1, 0.15) is 0 Å². The molecule has 5 heteroatoms. The largest absolute Gasteiger partial charge is 0.257 e. The van der Waals surface area contributed by atoms with E-state index in [0.717, 1.165) is 37.4 Å². The fourth-order valence-electron chi connectivity index (χ4n) is 3.10. The second-order valence-electron chi connectivity index (χ2n) is 6.15. The summed E-state index contributed by atoms with van der Waals surface area (Å²) in [7, 11) is 0. The normalized spacial score (nSPS) is 16.7. The summed E-state index contributed by atoms with van der Waals surface area (Å²) in [6, 6.07) is 24.8. The first-order valence-electron chi connectivity index (χ1n) is 8.24. The Morgan fingerprint density at radius 2 is 1.38 bits per heavy atom. The summed E-state index contributed by atoms with van der Waals surface area (Å²) in [5.74, 6) is 0. The van der Waals surface area contributed by atoms with E-state index in [9.17, 15) is 0 Å². The Bertz CT molecular complexity index is 935. The van der Waals surface area contributed by atoms with Crippen LogP contribution in [0.25, 0.3) is 0 Å². The van der Waals surface area contributed by atoms with Crippen LogP contribution in [0.4, 0.5) is 5.69 Å². The van der Waals surface area contributed by atoms with Gasteiger partial charge in [-0.3, -0.25) is 5.01 Å². The SMILES string of the molecule is Clc1ccc(C2=NN(c3ccc(Br)cc3)[C@H](c3ccc(Br)cc3)C2)cc1. The molecule has 0 N–H and O–H groups in total. The molecule has 0 saturated carbocycles. The lowest BCUT2D eigenvalue weighted by atomic mass is 9.98. The third-order valence-corrected chi connectivity index (χ3v) is 5.74. The number of benzene rings is 3. The van der Waals surface area contributed by atoms with Crippen LogP contribution in [-0.4, -0.2) is 5.71 Å². The minimum atomic E-state index is 0.162. The molecule has 0 spiro atoms. The number of rotatable bonds is 3. The lowest BCUT2D eigenvalue weighted by Gasteiger charge is -2.24. The highest BCUT2D eigenvalue weighted by Crippen LogP contribution is 2.37. The summed E-state index contributed by atoms with van der Waals surface area (Å²) < 4.78 is 2.14. The van der Waals surface area contributed by atoms with Crippen LogP contribution in [-0.2, 0) is 0 Å². The maximum absolute atomic E-state index is 6.04. The van der Waals surface area contributed by atoms with Crippen molar-refractivity contribution >= 4 is 54.9 Å². The molecule has 3 aromatic carbocycles. The molecule has 0 amide bonds. The average molecular weight is 491 g/mol. The van der Waals surface area contributed by atoms with Gasteiger partial charge in [-0.1, -0.05) is 67.7 Å². The van der Waals surface area contributed by atoms with Crippen molar-refractivity contribution < 1.29 is 0 Å². The van der Waals surface area contributed by atoms with Crippen LogP contribution in [0.3, 0.4) is 0 Å². The monoisotopic (exact) mass is 488 g/mol. The minimum Gasteiger partial charge on any atom is -0.257 e. The van der Waals surface area contributed by atoms with Crippen molar-refractivity contribution in [1.29, 1.82) is 0 Å². The average Bonchev–Trinajstić information content (AvgIpc) is 3.09. The maximum Gasteiger partial charge on any atom is 0.0831 e. The van der Waals surface area contributed by atoms with Gasteiger partial charge in [-0.05, 0) is 59.7 Å². The quantitative estimate of drug-likeness (QED) is 0.378. The molecule has 130 valence electrons. The van der Waals surface area contributed by atoms with Gasteiger partial charge < -0.3 is 0 Å². The number of hydrazone groups is 1. The lowest BCUT2D eigenvalue weighted by Crippen LogP contribution is -2.18. The standard InChI is InChI=1S/C21H15Br2ClN2/c22-16-5-1-15(2-6-16)21-13-20(14-3-9-18(24)10-4-14)25-26(21)19-11-7-17(23)8-12-19/h1-12,21H,13H2/t21-/m0/s1. The van der Waals surface area contributed by atoms with Crippen molar-refractivity contribution in [3.63, 3.8) is 0 Å². The molecule has 0 radical (unpaired) electrons. The third kappa shape index (κ3) is 3.73. The second kappa shape index (κ2) is 7.55. The summed E-state index contributed by atoms with van der Waals surface area (Å²) in [6.07, 6.45) is 0.847. The molecule has 0 fully saturated rings. The minimum absolute atomic E-state index is 0.162. The zero-order valence-electron chi connectivity index (χ0n) is 13.7. The van der Waals surface area contributed by atoms with Crippen molar-refractivity contribution in [2.45, 2.75) is 12.5 Å². The number of anilines is 1. The van der Waals surface area contributed by atoms with E-state index in [1.807, 2.05) is 36.4 Å². The van der Waals surface area contributed by atoms with Gasteiger partial charge in [0.25, 0.3) is 0 Å². The Labute approximate surface area is 174 Å². The molecule has 26 heavy (non-hydrogen) atoms. The second-order valence-corrected chi connectivity index (χ2v) is 8.41. The van der Waals surface area contributed by atoms with E-state index in [1.165, 1.54) is 5.56 Å². The molecule has 1 aliphatic rings. The van der Waals surface area contributed by atoms with E-state index in [1.54, 1.807) is 0 Å². The Morgan fingerprint density at radius 3 is 2.00 bits per heavy atom. The van der Waals surface area contributed by atoms with Crippen molar-refractivity contribution in [3.05, 3.63) is 97.9 Å². The van der Waals surface area contributed by atoms with E-state index in [-0.39, 0.29) is 6.04 Å². The van der Waals surface area contributed by atoms with Gasteiger partial charge in [0.15, 0.2) is 0 Å². The predicted molar refractivity (Wildman–Crippen MR) is 116 cm³/mol. The lowest BCUT2D eigenvalue weighted by molar-refractivity contribution is 0.709. The first-order chi connectivity index (χ1) is 12.6. The maximum atomic E-state index is 6.04. The molecule has 1 atom stereocenters. The molecule has 0 unspecified atom stereocenters. The first-order valence-corrected chi connectivity index (χ1v) is 10.2. The first kappa shape index (κ1) is 17.8. The van der Waals surface area contributed by atoms with Gasteiger partial charge in [-0.15, -0.1) is 0 Å². The van der Waals surface area contributed by atoms with Crippen molar-refractivity contribution in [2.24, 2.45) is 5.10 Å². The summed E-state index contributed by atoms with van der Waals surface area (Å²) >= 11 is 13.1. The number of nitrogens with zero attached hydrogens (tertiary/aromatic N) is 2. The van der Waals surface area contributed by atoms with Crippen molar-refractivity contribution in [1.82, 2.24) is 0 Å². The van der Waals surface area contributed by atoms with E-state index in [2.05, 4.69) is 73.3 Å². The molecule has 0 saturated heterocycles. The highest BCUT2D eigenvalue weighted by Gasteiger charge is 2.29. The van der Waals surface area contributed by atoms with Crippen LogP contribution in [0.15, 0.2) is 86.8 Å². The summed E-state index contributed by atoms with van der Waals surface area (Å²) in [5, 5.41) is 7.80. The van der Waals surface area contributed by atoms with E-state index < -0.39 is 0 Å². The van der Waals surface area contributed by atoms with E-state index in [0.29, 0.717) is 0 Å². The molecular formula is C21H15Br2ClN2. The molecule has 1 heterocycles. The van der Waals surface area contributed by atoms with Crippen LogP contribution in [0.1, 0.15) is 23.6 Å². The molecule has 2 nitrogen and oxygen atoms in total. The molecule has 0 aromatic heterocycles. The third-order valence-electron chi connectivity index (χ3n) is 4.43. The Balaban J connectivity index is 1.74. The Hall–Kier alpha value is -1.62. The molecule has 0 bridgehead atoms. The molecule has 1 aliphatic heterocycles. The fraction of sp³-hybridized carbons (Fsp3) is 0.0952.